The Morgan fingerprint density at radius 2 is 2.00 bits per heavy atom. The second-order valence-corrected chi connectivity index (χ2v) is 11.3. The molecule has 2 heterocycles. The standard InChI is InChI=1S/C12H18N2O6S3.ClH/c1-12(11(15)16)8(4-5-14(2)3)7-6-9(23(13,19)20)22(17,18)10(7)21-12;/h6,8H,4-5H2,1-3H3,(H,15,16)(H2,13,19,20);1H. The molecule has 0 fully saturated rings. The first kappa shape index (κ1) is 21.5. The Kier molecular flexibility index (Phi) is 5.91. The molecule has 0 spiro atoms. The van der Waals surface area contributed by atoms with Crippen molar-refractivity contribution in [3.05, 3.63) is 20.1 Å². The first-order valence-corrected chi connectivity index (χ1v) is 10.5. The third-order valence-electron chi connectivity index (χ3n) is 3.93. The van der Waals surface area contributed by atoms with Crippen molar-refractivity contribution >= 4 is 50.0 Å². The van der Waals surface area contributed by atoms with E-state index in [0.717, 1.165) is 6.08 Å². The second-order valence-electron chi connectivity index (χ2n) is 5.91. The van der Waals surface area contributed by atoms with Crippen LogP contribution in [0.5, 0.6) is 0 Å². The summed E-state index contributed by atoms with van der Waals surface area (Å²) in [7, 11) is -5.06. The van der Waals surface area contributed by atoms with Gasteiger partial charge in [0.2, 0.25) is 19.9 Å². The number of carboxylic acid groups (broad SMARTS) is 1. The number of hydrogen-bond donors (Lipinski definition) is 2. The molecular formula is C12H19ClN2O6S3. The molecule has 0 aliphatic carbocycles. The highest BCUT2D eigenvalue weighted by Gasteiger charge is 2.56. The first-order chi connectivity index (χ1) is 10.3. The van der Waals surface area contributed by atoms with Crippen LogP contribution >= 0.6 is 24.2 Å². The van der Waals surface area contributed by atoms with Crippen molar-refractivity contribution in [2.24, 2.45) is 11.1 Å². The molecule has 0 aromatic rings. The van der Waals surface area contributed by atoms with Gasteiger partial charge in [-0.05, 0) is 45.6 Å². The summed E-state index contributed by atoms with van der Waals surface area (Å²) in [4.78, 5) is 13.5. The van der Waals surface area contributed by atoms with E-state index in [1.807, 2.05) is 19.0 Å². The van der Waals surface area contributed by atoms with Crippen molar-refractivity contribution < 1.29 is 26.7 Å². The Hall–Kier alpha value is -0.590. The largest absolute Gasteiger partial charge is 0.480 e. The van der Waals surface area contributed by atoms with Crippen molar-refractivity contribution in [1.82, 2.24) is 4.90 Å². The summed E-state index contributed by atoms with van der Waals surface area (Å²) in [5.74, 6) is -1.77. The molecular weight excluding hydrogens is 400 g/mol. The third kappa shape index (κ3) is 3.37. The van der Waals surface area contributed by atoms with E-state index in [2.05, 4.69) is 0 Å². The molecule has 0 bridgehead atoms. The normalized spacial score (nSPS) is 28.5. The van der Waals surface area contributed by atoms with E-state index in [9.17, 15) is 26.7 Å². The Morgan fingerprint density at radius 1 is 1.46 bits per heavy atom. The Balaban J connectivity index is 0.00000288. The van der Waals surface area contributed by atoms with Gasteiger partial charge in [0.15, 0.2) is 4.24 Å². The summed E-state index contributed by atoms with van der Waals surface area (Å²) in [6, 6.07) is 0. The van der Waals surface area contributed by atoms with Crippen LogP contribution in [0.3, 0.4) is 0 Å². The minimum Gasteiger partial charge on any atom is -0.480 e. The van der Waals surface area contributed by atoms with Gasteiger partial charge < -0.3 is 10.0 Å². The fraction of sp³-hybridized carbons (Fsp3) is 0.583. The van der Waals surface area contributed by atoms with Gasteiger partial charge in [0.25, 0.3) is 0 Å². The fourth-order valence-corrected chi connectivity index (χ4v) is 7.98. The van der Waals surface area contributed by atoms with Gasteiger partial charge in [0.05, 0.1) is 0 Å². The van der Waals surface area contributed by atoms with Gasteiger partial charge in [0, 0.05) is 5.92 Å². The summed E-state index contributed by atoms with van der Waals surface area (Å²) < 4.78 is 45.4. The van der Waals surface area contributed by atoms with Crippen molar-refractivity contribution in [3.8, 4) is 0 Å². The molecule has 0 radical (unpaired) electrons. The lowest BCUT2D eigenvalue weighted by molar-refractivity contribution is -0.140. The molecule has 0 aromatic heterocycles. The number of thioether (sulfide) groups is 1. The predicted molar refractivity (Wildman–Crippen MR) is 94.7 cm³/mol. The molecule has 0 saturated carbocycles. The number of aliphatic carboxylic acids is 1. The molecule has 3 N–H and O–H groups in total. The summed E-state index contributed by atoms with van der Waals surface area (Å²) >= 11 is 0.680. The first-order valence-electron chi connectivity index (χ1n) is 6.62. The molecule has 0 amide bonds. The van der Waals surface area contributed by atoms with Gasteiger partial charge >= 0.3 is 5.97 Å². The minimum absolute atomic E-state index is 0. The number of hydrogen-bond acceptors (Lipinski definition) is 7. The zero-order chi connectivity index (χ0) is 17.8. The molecule has 2 aliphatic rings. The van der Waals surface area contributed by atoms with Crippen LogP contribution in [0.25, 0.3) is 0 Å². The van der Waals surface area contributed by atoms with Gasteiger partial charge in [-0.3, -0.25) is 4.79 Å². The van der Waals surface area contributed by atoms with E-state index < -0.39 is 40.7 Å². The molecule has 2 unspecified atom stereocenters. The molecule has 138 valence electrons. The summed E-state index contributed by atoms with van der Waals surface area (Å²) in [6.45, 7) is 1.99. The van der Waals surface area contributed by atoms with Gasteiger partial charge in [-0.2, -0.15) is 0 Å². The minimum atomic E-state index is -4.40. The molecule has 0 aromatic carbocycles. The Labute approximate surface area is 151 Å². The van der Waals surface area contributed by atoms with E-state index in [-0.39, 0.29) is 22.2 Å². The van der Waals surface area contributed by atoms with Crippen LogP contribution in [0.1, 0.15) is 13.3 Å². The maximum atomic E-state index is 12.4. The molecule has 8 nitrogen and oxygen atoms in total. The van der Waals surface area contributed by atoms with Crippen molar-refractivity contribution in [3.63, 3.8) is 0 Å². The highest BCUT2D eigenvalue weighted by molar-refractivity contribution is 8.26. The number of carboxylic acids is 1. The maximum Gasteiger partial charge on any atom is 0.320 e. The number of halogens is 1. The van der Waals surface area contributed by atoms with E-state index in [1.165, 1.54) is 6.92 Å². The quantitative estimate of drug-likeness (QED) is 0.652. The van der Waals surface area contributed by atoms with Crippen LogP contribution in [0.2, 0.25) is 0 Å². The second kappa shape index (κ2) is 6.61. The number of nitrogens with zero attached hydrogens (tertiary/aromatic N) is 1. The smallest absolute Gasteiger partial charge is 0.320 e. The molecule has 2 atom stereocenters. The van der Waals surface area contributed by atoms with Crippen LogP contribution in [0, 0.1) is 5.92 Å². The number of sulfonamides is 1. The highest BCUT2D eigenvalue weighted by Crippen LogP contribution is 2.58. The van der Waals surface area contributed by atoms with Gasteiger partial charge in [-0.1, -0.05) is 11.8 Å². The average Bonchev–Trinajstić information content (AvgIpc) is 2.79. The number of allylic oxidation sites excluding steroid dienone is 2. The van der Waals surface area contributed by atoms with Crippen LogP contribution < -0.4 is 5.14 Å². The topological polar surface area (TPSA) is 135 Å². The summed E-state index contributed by atoms with van der Waals surface area (Å²) in [5, 5.41) is 14.5. The number of primary sulfonamides is 1. The number of rotatable bonds is 5. The van der Waals surface area contributed by atoms with Gasteiger partial charge in [-0.15, -0.1) is 12.4 Å². The molecule has 2 rings (SSSR count). The van der Waals surface area contributed by atoms with E-state index in [1.54, 1.807) is 0 Å². The fourth-order valence-electron chi connectivity index (χ4n) is 2.67. The lowest BCUT2D eigenvalue weighted by Gasteiger charge is -2.29. The van der Waals surface area contributed by atoms with Crippen molar-refractivity contribution in [2.45, 2.75) is 18.1 Å². The Bertz CT molecular complexity index is 831. The maximum absolute atomic E-state index is 12.4. The molecule has 0 saturated heterocycles. The highest BCUT2D eigenvalue weighted by atomic mass is 35.5. The third-order valence-corrected chi connectivity index (χ3v) is 9.55. The lowest BCUT2D eigenvalue weighted by Crippen LogP contribution is -2.39. The SMILES string of the molecule is CN(C)CCC1C2=C(SC1(C)C(=O)O)S(=O)(=O)C(S(N)(=O)=O)=C2.Cl. The summed E-state index contributed by atoms with van der Waals surface area (Å²) in [6.07, 6.45) is 1.40. The molecule has 2 aliphatic heterocycles. The van der Waals surface area contributed by atoms with E-state index in [4.69, 9.17) is 5.14 Å². The monoisotopic (exact) mass is 418 g/mol. The molecule has 12 heteroatoms. The number of sulfone groups is 1. The predicted octanol–water partition coefficient (Wildman–Crippen LogP) is 0.336. The van der Waals surface area contributed by atoms with Gasteiger partial charge in [0.1, 0.15) is 8.98 Å². The zero-order valence-corrected chi connectivity index (χ0v) is 16.5. The van der Waals surface area contributed by atoms with E-state index in [0.29, 0.717) is 24.7 Å². The van der Waals surface area contributed by atoms with Crippen LogP contribution in [0.4, 0.5) is 0 Å². The van der Waals surface area contributed by atoms with Crippen molar-refractivity contribution in [2.75, 3.05) is 20.6 Å². The molecule has 24 heavy (non-hydrogen) atoms. The summed E-state index contributed by atoms with van der Waals surface area (Å²) in [5.41, 5.74) is 0.228. The van der Waals surface area contributed by atoms with Gasteiger partial charge in [-0.25, -0.2) is 22.0 Å². The Morgan fingerprint density at radius 3 is 2.42 bits per heavy atom. The van der Waals surface area contributed by atoms with Crippen molar-refractivity contribution in [1.29, 1.82) is 0 Å². The number of nitrogens with two attached hydrogens (primary N) is 1. The lowest BCUT2D eigenvalue weighted by atomic mass is 9.84. The van der Waals surface area contributed by atoms with Crippen LogP contribution in [-0.2, 0) is 24.7 Å². The zero-order valence-electron chi connectivity index (χ0n) is 13.2. The average molecular weight is 419 g/mol. The van der Waals surface area contributed by atoms with E-state index >= 15 is 0 Å². The van der Waals surface area contributed by atoms with Crippen LogP contribution in [-0.4, -0.2) is 58.2 Å². The number of carbonyl (C=O) groups is 1. The van der Waals surface area contributed by atoms with Crippen LogP contribution in [0.15, 0.2) is 20.1 Å².